The SMILES string of the molecule is CN(C)CC1=C(c2cccc(O)c2)c2ccc3c(c2OC1)OCCO3.Cl. The van der Waals surface area contributed by atoms with Crippen LogP contribution in [0, 0.1) is 0 Å². The topological polar surface area (TPSA) is 51.2 Å². The highest BCUT2D eigenvalue weighted by atomic mass is 35.5. The fraction of sp³-hybridized carbons (Fsp3) is 0.300. The van der Waals surface area contributed by atoms with Crippen molar-refractivity contribution in [1.82, 2.24) is 4.90 Å². The predicted molar refractivity (Wildman–Crippen MR) is 103 cm³/mol. The Hall–Kier alpha value is -2.37. The summed E-state index contributed by atoms with van der Waals surface area (Å²) in [6.45, 7) is 2.32. The quantitative estimate of drug-likeness (QED) is 0.891. The Morgan fingerprint density at radius 3 is 2.58 bits per heavy atom. The van der Waals surface area contributed by atoms with Gasteiger partial charge in [0.15, 0.2) is 11.5 Å². The van der Waals surface area contributed by atoms with Crippen LogP contribution >= 0.6 is 12.4 Å². The van der Waals surface area contributed by atoms with Gasteiger partial charge in [-0.1, -0.05) is 12.1 Å². The molecule has 2 aliphatic rings. The van der Waals surface area contributed by atoms with E-state index < -0.39 is 0 Å². The number of hydrogen-bond donors (Lipinski definition) is 1. The van der Waals surface area contributed by atoms with Gasteiger partial charge in [0, 0.05) is 12.1 Å². The smallest absolute Gasteiger partial charge is 0.204 e. The van der Waals surface area contributed by atoms with E-state index in [1.54, 1.807) is 12.1 Å². The number of phenols is 1. The van der Waals surface area contributed by atoms with Crippen LogP contribution in [0.15, 0.2) is 42.0 Å². The Balaban J connectivity index is 0.00000196. The van der Waals surface area contributed by atoms with E-state index >= 15 is 0 Å². The number of phenolic OH excluding ortho intramolecular Hbond substituents is 1. The summed E-state index contributed by atoms with van der Waals surface area (Å²) in [4.78, 5) is 2.12. The molecule has 0 amide bonds. The maximum absolute atomic E-state index is 9.94. The Morgan fingerprint density at radius 2 is 1.81 bits per heavy atom. The van der Waals surface area contributed by atoms with Gasteiger partial charge in [-0.15, -0.1) is 12.4 Å². The zero-order valence-electron chi connectivity index (χ0n) is 14.8. The lowest BCUT2D eigenvalue weighted by Crippen LogP contribution is -2.24. The molecule has 2 aromatic carbocycles. The van der Waals surface area contributed by atoms with Gasteiger partial charge in [0.25, 0.3) is 0 Å². The van der Waals surface area contributed by atoms with E-state index in [-0.39, 0.29) is 18.2 Å². The minimum Gasteiger partial charge on any atom is -0.508 e. The highest BCUT2D eigenvalue weighted by Gasteiger charge is 2.28. The molecular formula is C20H22ClNO4. The number of halogens is 1. The van der Waals surface area contributed by atoms with Crippen molar-refractivity contribution in [3.05, 3.63) is 53.1 Å². The van der Waals surface area contributed by atoms with Crippen LogP contribution in [0.4, 0.5) is 0 Å². The summed E-state index contributed by atoms with van der Waals surface area (Å²) < 4.78 is 17.6. The molecule has 138 valence electrons. The van der Waals surface area contributed by atoms with Crippen molar-refractivity contribution in [3.63, 3.8) is 0 Å². The van der Waals surface area contributed by atoms with Crippen LogP contribution in [0.5, 0.6) is 23.0 Å². The number of benzene rings is 2. The second kappa shape index (κ2) is 7.48. The number of likely N-dealkylation sites (N-methyl/N-ethyl adjacent to an activating group) is 1. The molecule has 0 atom stereocenters. The maximum Gasteiger partial charge on any atom is 0.204 e. The monoisotopic (exact) mass is 375 g/mol. The molecule has 0 aliphatic carbocycles. The van der Waals surface area contributed by atoms with E-state index in [0.717, 1.165) is 34.7 Å². The van der Waals surface area contributed by atoms with Crippen molar-refractivity contribution >= 4 is 18.0 Å². The summed E-state index contributed by atoms with van der Waals surface area (Å²) in [5, 5.41) is 9.94. The molecule has 5 nitrogen and oxygen atoms in total. The number of nitrogens with zero attached hydrogens (tertiary/aromatic N) is 1. The van der Waals surface area contributed by atoms with Crippen molar-refractivity contribution in [2.24, 2.45) is 0 Å². The van der Waals surface area contributed by atoms with Gasteiger partial charge in [-0.2, -0.15) is 0 Å². The molecule has 0 unspecified atom stereocenters. The summed E-state index contributed by atoms with van der Waals surface area (Å²) >= 11 is 0. The van der Waals surface area contributed by atoms with Gasteiger partial charge in [0.1, 0.15) is 25.6 Å². The normalized spacial score (nSPS) is 15.2. The van der Waals surface area contributed by atoms with Gasteiger partial charge < -0.3 is 24.2 Å². The van der Waals surface area contributed by atoms with Crippen molar-refractivity contribution < 1.29 is 19.3 Å². The van der Waals surface area contributed by atoms with E-state index in [4.69, 9.17) is 14.2 Å². The van der Waals surface area contributed by atoms with Crippen molar-refractivity contribution in [1.29, 1.82) is 0 Å². The van der Waals surface area contributed by atoms with Crippen LogP contribution in [0.25, 0.3) is 5.57 Å². The molecule has 2 aromatic rings. The minimum atomic E-state index is 0. The van der Waals surface area contributed by atoms with Crippen LogP contribution in [-0.4, -0.2) is 50.5 Å². The first-order valence-corrected chi connectivity index (χ1v) is 8.35. The number of ether oxygens (including phenoxy) is 3. The van der Waals surface area contributed by atoms with Gasteiger partial charge in [-0.3, -0.25) is 0 Å². The standard InChI is InChI=1S/C20H21NO4.ClH/c1-21(2)11-14-12-25-19-16(6-7-17-20(19)24-9-8-23-17)18(14)13-4-3-5-15(22)10-13;/h3-7,10,22H,8-9,11-12H2,1-2H3;1H. The zero-order chi connectivity index (χ0) is 17.4. The summed E-state index contributed by atoms with van der Waals surface area (Å²) in [6.07, 6.45) is 0. The number of rotatable bonds is 3. The second-order valence-corrected chi connectivity index (χ2v) is 6.52. The summed E-state index contributed by atoms with van der Waals surface area (Å²) in [7, 11) is 4.07. The highest BCUT2D eigenvalue weighted by molar-refractivity contribution is 5.88. The van der Waals surface area contributed by atoms with Gasteiger partial charge in [0.05, 0.1) is 0 Å². The molecule has 0 saturated carbocycles. The molecular weight excluding hydrogens is 354 g/mol. The molecule has 26 heavy (non-hydrogen) atoms. The lowest BCUT2D eigenvalue weighted by molar-refractivity contribution is 0.162. The van der Waals surface area contributed by atoms with Gasteiger partial charge in [-0.25, -0.2) is 0 Å². The minimum absolute atomic E-state index is 0. The molecule has 0 fully saturated rings. The third-order valence-corrected chi connectivity index (χ3v) is 4.32. The van der Waals surface area contributed by atoms with Crippen molar-refractivity contribution in [3.8, 4) is 23.0 Å². The van der Waals surface area contributed by atoms with E-state index in [0.29, 0.717) is 25.6 Å². The highest BCUT2D eigenvalue weighted by Crippen LogP contribution is 2.48. The number of hydrogen-bond acceptors (Lipinski definition) is 5. The molecule has 0 spiro atoms. The average Bonchev–Trinajstić information content (AvgIpc) is 2.60. The van der Waals surface area contributed by atoms with Crippen LogP contribution in [0.2, 0.25) is 0 Å². The Morgan fingerprint density at radius 1 is 1.00 bits per heavy atom. The Kier molecular flexibility index (Phi) is 5.30. The van der Waals surface area contributed by atoms with Gasteiger partial charge in [0.2, 0.25) is 5.75 Å². The predicted octanol–water partition coefficient (Wildman–Crippen LogP) is 3.34. The molecule has 0 aromatic heterocycles. The Bertz CT molecular complexity index is 848. The first-order valence-electron chi connectivity index (χ1n) is 8.35. The van der Waals surface area contributed by atoms with Crippen LogP contribution in [-0.2, 0) is 0 Å². The van der Waals surface area contributed by atoms with E-state index in [1.807, 2.05) is 38.4 Å². The van der Waals surface area contributed by atoms with Crippen molar-refractivity contribution in [2.45, 2.75) is 0 Å². The first-order chi connectivity index (χ1) is 12.1. The largest absolute Gasteiger partial charge is 0.508 e. The lowest BCUT2D eigenvalue weighted by Gasteiger charge is -2.29. The molecule has 2 heterocycles. The summed E-state index contributed by atoms with van der Waals surface area (Å²) in [5.74, 6) is 2.36. The fourth-order valence-corrected chi connectivity index (χ4v) is 3.38. The third-order valence-electron chi connectivity index (χ3n) is 4.32. The van der Waals surface area contributed by atoms with E-state index in [9.17, 15) is 5.11 Å². The second-order valence-electron chi connectivity index (χ2n) is 6.52. The van der Waals surface area contributed by atoms with Crippen LogP contribution in [0.1, 0.15) is 11.1 Å². The van der Waals surface area contributed by atoms with E-state index in [1.165, 1.54) is 5.57 Å². The number of fused-ring (bicyclic) bond motifs is 3. The van der Waals surface area contributed by atoms with E-state index in [2.05, 4.69) is 4.90 Å². The number of aromatic hydroxyl groups is 1. The fourth-order valence-electron chi connectivity index (χ4n) is 3.38. The zero-order valence-corrected chi connectivity index (χ0v) is 15.6. The third kappa shape index (κ3) is 3.32. The molecule has 0 radical (unpaired) electrons. The summed E-state index contributed by atoms with van der Waals surface area (Å²) in [5.41, 5.74) is 4.19. The molecule has 0 bridgehead atoms. The average molecular weight is 376 g/mol. The molecule has 6 heteroatoms. The van der Waals surface area contributed by atoms with Crippen LogP contribution in [0.3, 0.4) is 0 Å². The van der Waals surface area contributed by atoms with Gasteiger partial charge >= 0.3 is 0 Å². The summed E-state index contributed by atoms with van der Waals surface area (Å²) in [6, 6.07) is 11.3. The molecule has 0 saturated heterocycles. The molecule has 4 rings (SSSR count). The Labute approximate surface area is 159 Å². The molecule has 2 aliphatic heterocycles. The van der Waals surface area contributed by atoms with Crippen LogP contribution < -0.4 is 14.2 Å². The maximum atomic E-state index is 9.94. The van der Waals surface area contributed by atoms with Gasteiger partial charge in [-0.05, 0) is 55.1 Å². The van der Waals surface area contributed by atoms with Crippen molar-refractivity contribution in [2.75, 3.05) is 40.5 Å². The lowest BCUT2D eigenvalue weighted by atomic mass is 9.90. The first kappa shape index (κ1) is 18.4. The molecule has 1 N–H and O–H groups in total.